The summed E-state index contributed by atoms with van der Waals surface area (Å²) in [6.45, 7) is 4.65. The van der Waals surface area contributed by atoms with Gasteiger partial charge in [0.2, 0.25) is 5.13 Å². The van der Waals surface area contributed by atoms with Gasteiger partial charge < -0.3 is 14.9 Å². The Labute approximate surface area is 144 Å². The normalized spacial score (nSPS) is 14.7. The summed E-state index contributed by atoms with van der Waals surface area (Å²) in [5, 5.41) is 22.3. The van der Waals surface area contributed by atoms with Gasteiger partial charge in [-0.15, -0.1) is 10.2 Å². The Morgan fingerprint density at radius 3 is 2.71 bits per heavy atom. The van der Waals surface area contributed by atoms with Gasteiger partial charge >= 0.3 is 6.03 Å². The van der Waals surface area contributed by atoms with Crippen molar-refractivity contribution in [2.45, 2.75) is 19.8 Å². The number of aryl methyl sites for hydroxylation is 1. The summed E-state index contributed by atoms with van der Waals surface area (Å²) in [7, 11) is 0. The molecule has 1 aliphatic rings. The molecule has 0 bridgehead atoms. The molecule has 0 spiro atoms. The number of aromatic hydroxyl groups is 1. The van der Waals surface area contributed by atoms with Gasteiger partial charge in [-0.1, -0.05) is 30.4 Å². The number of nitrogens with one attached hydrogen (secondary N) is 1. The van der Waals surface area contributed by atoms with Gasteiger partial charge in [-0.3, -0.25) is 5.32 Å². The molecular weight excluding hydrogens is 326 g/mol. The van der Waals surface area contributed by atoms with Crippen LogP contribution in [0.15, 0.2) is 24.3 Å². The molecule has 0 atom stereocenters. The van der Waals surface area contributed by atoms with Crippen LogP contribution in [0.3, 0.4) is 0 Å². The lowest BCUT2D eigenvalue weighted by molar-refractivity contribution is 0.208. The van der Waals surface area contributed by atoms with E-state index in [1.165, 1.54) is 11.3 Å². The van der Waals surface area contributed by atoms with Crippen LogP contribution in [-0.4, -0.2) is 52.4 Å². The fraction of sp³-hybridized carbons (Fsp3) is 0.438. The second kappa shape index (κ2) is 7.48. The van der Waals surface area contributed by atoms with E-state index in [9.17, 15) is 9.90 Å². The number of carbonyl (C=O) groups is 1. The number of benzene rings is 1. The number of para-hydroxylation sites is 2. The van der Waals surface area contributed by atoms with Crippen molar-refractivity contribution >= 4 is 28.2 Å². The standard InChI is InChI=1S/C16H21N5O2S/c1-2-5-14-18-19-15(24-14)17-16(23)21-10-8-20(9-11-21)12-6-3-4-7-13(12)22/h3-4,6-7,22H,2,5,8-11H2,1H3,(H,17,19,23). The van der Waals surface area contributed by atoms with E-state index in [2.05, 4.69) is 27.3 Å². The number of hydrogen-bond acceptors (Lipinski definition) is 6. The third-order valence-electron chi connectivity index (χ3n) is 3.93. The number of nitrogens with zero attached hydrogens (tertiary/aromatic N) is 4. The fourth-order valence-electron chi connectivity index (χ4n) is 2.67. The van der Waals surface area contributed by atoms with Crippen LogP contribution in [0.25, 0.3) is 0 Å². The van der Waals surface area contributed by atoms with Gasteiger partial charge in [-0.25, -0.2) is 4.79 Å². The monoisotopic (exact) mass is 347 g/mol. The molecule has 2 heterocycles. The van der Waals surface area contributed by atoms with Gasteiger partial charge in [0.15, 0.2) is 0 Å². The molecule has 2 aromatic rings. The lowest BCUT2D eigenvalue weighted by Gasteiger charge is -2.36. The first-order valence-electron chi connectivity index (χ1n) is 8.08. The molecule has 0 unspecified atom stereocenters. The molecule has 2 amide bonds. The number of urea groups is 1. The average molecular weight is 347 g/mol. The zero-order valence-electron chi connectivity index (χ0n) is 13.6. The number of anilines is 2. The van der Waals surface area contributed by atoms with E-state index in [1.807, 2.05) is 12.1 Å². The molecule has 24 heavy (non-hydrogen) atoms. The molecule has 8 heteroatoms. The quantitative estimate of drug-likeness (QED) is 0.888. The van der Waals surface area contributed by atoms with Crippen LogP contribution in [0.5, 0.6) is 5.75 Å². The molecule has 1 aromatic heterocycles. The number of phenols is 1. The lowest BCUT2D eigenvalue weighted by atomic mass is 10.2. The van der Waals surface area contributed by atoms with Gasteiger partial charge in [-0.2, -0.15) is 0 Å². The van der Waals surface area contributed by atoms with Crippen molar-refractivity contribution in [3.05, 3.63) is 29.3 Å². The maximum atomic E-state index is 12.3. The van der Waals surface area contributed by atoms with Gasteiger partial charge in [-0.05, 0) is 18.6 Å². The summed E-state index contributed by atoms with van der Waals surface area (Å²) in [6.07, 6.45) is 1.89. The van der Waals surface area contributed by atoms with Crippen molar-refractivity contribution < 1.29 is 9.90 Å². The van der Waals surface area contributed by atoms with Crippen molar-refractivity contribution in [2.24, 2.45) is 0 Å². The molecule has 0 radical (unpaired) electrons. The van der Waals surface area contributed by atoms with E-state index in [-0.39, 0.29) is 11.8 Å². The van der Waals surface area contributed by atoms with E-state index in [1.54, 1.807) is 17.0 Å². The van der Waals surface area contributed by atoms with Crippen LogP contribution < -0.4 is 10.2 Å². The predicted octanol–water partition coefficient (Wildman–Crippen LogP) is 2.55. The van der Waals surface area contributed by atoms with Crippen LogP contribution >= 0.6 is 11.3 Å². The number of rotatable bonds is 4. The first kappa shape index (κ1) is 16.5. The van der Waals surface area contributed by atoms with E-state index in [4.69, 9.17) is 0 Å². The van der Waals surface area contributed by atoms with Crippen LogP contribution in [0.2, 0.25) is 0 Å². The van der Waals surface area contributed by atoms with Crippen LogP contribution in [-0.2, 0) is 6.42 Å². The average Bonchev–Trinajstić information content (AvgIpc) is 3.03. The second-order valence-electron chi connectivity index (χ2n) is 5.64. The molecule has 7 nitrogen and oxygen atoms in total. The third-order valence-corrected chi connectivity index (χ3v) is 4.83. The number of piperazine rings is 1. The Morgan fingerprint density at radius 1 is 1.25 bits per heavy atom. The van der Waals surface area contributed by atoms with Gasteiger partial charge in [0.05, 0.1) is 5.69 Å². The minimum absolute atomic E-state index is 0.147. The first-order valence-corrected chi connectivity index (χ1v) is 8.90. The van der Waals surface area contributed by atoms with Gasteiger partial charge in [0.1, 0.15) is 10.8 Å². The number of phenolic OH excluding ortho intramolecular Hbond substituents is 1. The topological polar surface area (TPSA) is 81.6 Å². The fourth-order valence-corrected chi connectivity index (χ4v) is 3.50. The van der Waals surface area contributed by atoms with E-state index in [0.29, 0.717) is 31.3 Å². The Hall–Kier alpha value is -2.35. The SMILES string of the molecule is CCCc1nnc(NC(=O)N2CCN(c3ccccc3O)CC2)s1. The van der Waals surface area contributed by atoms with Crippen LogP contribution in [0.4, 0.5) is 15.6 Å². The first-order chi connectivity index (χ1) is 11.7. The third kappa shape index (κ3) is 3.76. The zero-order valence-corrected chi connectivity index (χ0v) is 14.4. The molecule has 1 aliphatic heterocycles. The Kier molecular flexibility index (Phi) is 5.14. The number of amides is 2. The van der Waals surface area contributed by atoms with Gasteiger partial charge in [0.25, 0.3) is 0 Å². The number of carbonyl (C=O) groups excluding carboxylic acids is 1. The Morgan fingerprint density at radius 2 is 2.00 bits per heavy atom. The number of aromatic nitrogens is 2. The molecule has 1 fully saturated rings. The Bertz CT molecular complexity index is 697. The van der Waals surface area contributed by atoms with Crippen molar-refractivity contribution in [1.82, 2.24) is 15.1 Å². The molecule has 1 saturated heterocycles. The molecule has 0 aliphatic carbocycles. The summed E-state index contributed by atoms with van der Waals surface area (Å²) in [5.74, 6) is 0.271. The summed E-state index contributed by atoms with van der Waals surface area (Å²) < 4.78 is 0. The Balaban J connectivity index is 1.54. The molecule has 2 N–H and O–H groups in total. The minimum Gasteiger partial charge on any atom is -0.506 e. The highest BCUT2D eigenvalue weighted by molar-refractivity contribution is 7.15. The maximum Gasteiger partial charge on any atom is 0.323 e. The van der Waals surface area contributed by atoms with Crippen molar-refractivity contribution in [1.29, 1.82) is 0 Å². The molecular formula is C16H21N5O2S. The molecule has 0 saturated carbocycles. The summed E-state index contributed by atoms with van der Waals surface area (Å²) in [4.78, 5) is 16.2. The molecule has 3 rings (SSSR count). The highest BCUT2D eigenvalue weighted by Gasteiger charge is 2.23. The van der Waals surface area contributed by atoms with E-state index < -0.39 is 0 Å². The van der Waals surface area contributed by atoms with Crippen LogP contribution in [0, 0.1) is 0 Å². The largest absolute Gasteiger partial charge is 0.506 e. The summed E-state index contributed by atoms with van der Waals surface area (Å²) in [6, 6.07) is 7.12. The highest BCUT2D eigenvalue weighted by Crippen LogP contribution is 2.27. The summed E-state index contributed by atoms with van der Waals surface area (Å²) in [5.41, 5.74) is 0.811. The second-order valence-corrected chi connectivity index (χ2v) is 6.71. The van der Waals surface area contributed by atoms with Crippen molar-refractivity contribution in [3.8, 4) is 5.75 Å². The zero-order chi connectivity index (χ0) is 16.9. The predicted molar refractivity (Wildman–Crippen MR) is 94.8 cm³/mol. The highest BCUT2D eigenvalue weighted by atomic mass is 32.1. The maximum absolute atomic E-state index is 12.3. The van der Waals surface area contributed by atoms with E-state index >= 15 is 0 Å². The van der Waals surface area contributed by atoms with Crippen molar-refractivity contribution in [2.75, 3.05) is 36.4 Å². The smallest absolute Gasteiger partial charge is 0.323 e. The minimum atomic E-state index is -0.147. The lowest BCUT2D eigenvalue weighted by Crippen LogP contribution is -2.50. The number of hydrogen-bond donors (Lipinski definition) is 2. The molecule has 1 aromatic carbocycles. The molecule has 128 valence electrons. The van der Waals surface area contributed by atoms with Crippen LogP contribution in [0.1, 0.15) is 18.4 Å². The summed E-state index contributed by atoms with van der Waals surface area (Å²) >= 11 is 1.42. The van der Waals surface area contributed by atoms with Crippen molar-refractivity contribution in [3.63, 3.8) is 0 Å². The van der Waals surface area contributed by atoms with Gasteiger partial charge in [0, 0.05) is 32.6 Å². The van der Waals surface area contributed by atoms with E-state index in [0.717, 1.165) is 23.5 Å².